The van der Waals surface area contributed by atoms with Gasteiger partial charge in [-0.2, -0.15) is 5.10 Å². The molecule has 0 aliphatic heterocycles. The third-order valence-electron chi connectivity index (χ3n) is 4.50. The Morgan fingerprint density at radius 1 is 1.03 bits per heavy atom. The van der Waals surface area contributed by atoms with Gasteiger partial charge in [0.25, 0.3) is 5.69 Å². The quantitative estimate of drug-likeness (QED) is 0.119. The van der Waals surface area contributed by atoms with Crippen LogP contribution in [0.1, 0.15) is 22.8 Å². The Morgan fingerprint density at radius 3 is 2.37 bits per heavy atom. The van der Waals surface area contributed by atoms with Gasteiger partial charge in [-0.05, 0) is 49.4 Å². The summed E-state index contributed by atoms with van der Waals surface area (Å²) in [6, 6.07) is 15.1. The molecule has 0 heterocycles. The molecule has 10 nitrogen and oxygen atoms in total. The lowest BCUT2D eigenvalue weighted by Gasteiger charge is -2.10. The second kappa shape index (κ2) is 11.1. The van der Waals surface area contributed by atoms with Crippen molar-refractivity contribution in [3.63, 3.8) is 0 Å². The first-order chi connectivity index (χ1) is 16.7. The molecule has 35 heavy (non-hydrogen) atoms. The van der Waals surface area contributed by atoms with Crippen LogP contribution in [0.3, 0.4) is 0 Å². The van der Waals surface area contributed by atoms with Crippen molar-refractivity contribution in [2.75, 3.05) is 5.32 Å². The number of nitrogens with one attached hydrogen (secondary N) is 2. The smallest absolute Gasteiger partial charge is 0.343 e. The highest BCUT2D eigenvalue weighted by atomic mass is 79.9. The summed E-state index contributed by atoms with van der Waals surface area (Å²) in [5, 5.41) is 16.8. The van der Waals surface area contributed by atoms with Crippen LogP contribution in [0.25, 0.3) is 0 Å². The maximum absolute atomic E-state index is 13.9. The first kappa shape index (κ1) is 25.2. The minimum atomic E-state index is -1.15. The number of non-ortho nitro benzene ring substituents is 1. The molecule has 0 radical (unpaired) electrons. The molecule has 178 valence electrons. The lowest BCUT2D eigenvalue weighted by molar-refractivity contribution is -0.384. The predicted octanol–water partition coefficient (Wildman–Crippen LogP) is 4.19. The SMILES string of the molecule is CC(=NNC(=O)C(=O)Nc1ccc(Br)cc1F)c1ccccc1OC(=O)c1ccc([N+](=O)[O-])cc1. The van der Waals surface area contributed by atoms with E-state index in [4.69, 9.17) is 4.74 Å². The summed E-state index contributed by atoms with van der Waals surface area (Å²) < 4.78 is 19.7. The van der Waals surface area contributed by atoms with Crippen LogP contribution in [0.15, 0.2) is 76.3 Å². The van der Waals surface area contributed by atoms with E-state index in [9.17, 15) is 28.9 Å². The van der Waals surface area contributed by atoms with Crippen LogP contribution in [0.4, 0.5) is 15.8 Å². The third-order valence-corrected chi connectivity index (χ3v) is 5.00. The normalized spacial score (nSPS) is 10.9. The average molecular weight is 543 g/mol. The number of hydrogen-bond donors (Lipinski definition) is 2. The van der Waals surface area contributed by atoms with Crippen LogP contribution in [-0.2, 0) is 9.59 Å². The highest BCUT2D eigenvalue weighted by Crippen LogP contribution is 2.22. The minimum absolute atomic E-state index is 0.0881. The molecule has 0 saturated heterocycles. The Kier molecular flexibility index (Phi) is 8.00. The first-order valence-electron chi connectivity index (χ1n) is 9.82. The van der Waals surface area contributed by atoms with Crippen molar-refractivity contribution in [3.8, 4) is 5.75 Å². The fraction of sp³-hybridized carbons (Fsp3) is 0.0435. The number of carbonyl (C=O) groups is 3. The topological polar surface area (TPSA) is 140 Å². The number of nitrogens with zero attached hydrogens (tertiary/aromatic N) is 2. The zero-order valence-corrected chi connectivity index (χ0v) is 19.5. The van der Waals surface area contributed by atoms with E-state index in [0.29, 0.717) is 10.0 Å². The number of para-hydroxylation sites is 1. The number of ether oxygens (including phenoxy) is 1. The Labute approximate surface area is 206 Å². The maximum Gasteiger partial charge on any atom is 0.343 e. The van der Waals surface area contributed by atoms with Gasteiger partial charge in [0, 0.05) is 22.2 Å². The molecule has 3 aromatic carbocycles. The summed E-state index contributed by atoms with van der Waals surface area (Å²) in [5.41, 5.74) is 2.33. The summed E-state index contributed by atoms with van der Waals surface area (Å²) in [6.07, 6.45) is 0. The Hall–Kier alpha value is -4.45. The highest BCUT2D eigenvalue weighted by Gasteiger charge is 2.17. The molecule has 2 N–H and O–H groups in total. The van der Waals surface area contributed by atoms with E-state index in [1.807, 2.05) is 0 Å². The van der Waals surface area contributed by atoms with Gasteiger partial charge in [-0.15, -0.1) is 0 Å². The summed E-state index contributed by atoms with van der Waals surface area (Å²) in [7, 11) is 0. The number of carbonyl (C=O) groups excluding carboxylic acids is 3. The fourth-order valence-electron chi connectivity index (χ4n) is 2.75. The van der Waals surface area contributed by atoms with E-state index in [1.54, 1.807) is 18.2 Å². The Morgan fingerprint density at radius 2 is 1.71 bits per heavy atom. The number of halogens is 2. The number of nitro benzene ring substituents is 1. The molecule has 0 atom stereocenters. The van der Waals surface area contributed by atoms with Gasteiger partial charge in [-0.1, -0.05) is 28.1 Å². The van der Waals surface area contributed by atoms with Crippen molar-refractivity contribution in [3.05, 3.63) is 98.3 Å². The molecule has 2 amide bonds. The van der Waals surface area contributed by atoms with Gasteiger partial charge < -0.3 is 10.1 Å². The van der Waals surface area contributed by atoms with E-state index in [1.165, 1.54) is 49.4 Å². The van der Waals surface area contributed by atoms with Crippen LogP contribution in [0.2, 0.25) is 0 Å². The monoisotopic (exact) mass is 542 g/mol. The Balaban J connectivity index is 1.69. The lowest BCUT2D eigenvalue weighted by atomic mass is 10.1. The number of amides is 2. The van der Waals surface area contributed by atoms with Gasteiger partial charge in [-0.3, -0.25) is 19.7 Å². The summed E-state index contributed by atoms with van der Waals surface area (Å²) in [5.74, 6) is -3.68. The lowest BCUT2D eigenvalue weighted by Crippen LogP contribution is -2.33. The van der Waals surface area contributed by atoms with Gasteiger partial charge in [-0.25, -0.2) is 14.6 Å². The molecule has 3 rings (SSSR count). The van der Waals surface area contributed by atoms with Crippen LogP contribution in [0.5, 0.6) is 5.75 Å². The number of benzene rings is 3. The van der Waals surface area contributed by atoms with Crippen molar-refractivity contribution in [1.82, 2.24) is 5.43 Å². The largest absolute Gasteiger partial charge is 0.422 e. The highest BCUT2D eigenvalue weighted by molar-refractivity contribution is 9.10. The van der Waals surface area contributed by atoms with Crippen molar-refractivity contribution >= 4 is 50.8 Å². The van der Waals surface area contributed by atoms with Crippen molar-refractivity contribution < 1.29 is 28.4 Å². The summed E-state index contributed by atoms with van der Waals surface area (Å²) >= 11 is 3.09. The van der Waals surface area contributed by atoms with Gasteiger partial charge in [0.05, 0.1) is 21.9 Å². The first-order valence-corrected chi connectivity index (χ1v) is 10.6. The van der Waals surface area contributed by atoms with E-state index < -0.39 is 28.5 Å². The van der Waals surface area contributed by atoms with Gasteiger partial charge in [0.1, 0.15) is 11.6 Å². The fourth-order valence-corrected chi connectivity index (χ4v) is 3.08. The van der Waals surface area contributed by atoms with Crippen LogP contribution >= 0.6 is 15.9 Å². The van der Waals surface area contributed by atoms with E-state index in [-0.39, 0.29) is 28.4 Å². The van der Waals surface area contributed by atoms with E-state index >= 15 is 0 Å². The zero-order chi connectivity index (χ0) is 25.5. The van der Waals surface area contributed by atoms with Crippen molar-refractivity contribution in [2.45, 2.75) is 6.92 Å². The number of rotatable bonds is 6. The number of hydrogen-bond acceptors (Lipinski definition) is 7. The molecule has 0 aliphatic carbocycles. The molecular formula is C23H16BrFN4O6. The van der Waals surface area contributed by atoms with Crippen LogP contribution < -0.4 is 15.5 Å². The Bertz CT molecular complexity index is 1340. The second-order valence-corrected chi connectivity index (χ2v) is 7.82. The van der Waals surface area contributed by atoms with Crippen molar-refractivity contribution in [2.24, 2.45) is 5.10 Å². The number of nitro groups is 1. The molecule has 0 spiro atoms. The molecular weight excluding hydrogens is 527 g/mol. The predicted molar refractivity (Wildman–Crippen MR) is 128 cm³/mol. The van der Waals surface area contributed by atoms with E-state index in [0.717, 1.165) is 6.07 Å². The number of hydrazone groups is 1. The summed E-state index contributed by atoms with van der Waals surface area (Å²) in [6.45, 7) is 1.51. The minimum Gasteiger partial charge on any atom is -0.422 e. The summed E-state index contributed by atoms with van der Waals surface area (Å²) in [4.78, 5) is 46.8. The van der Waals surface area contributed by atoms with Crippen molar-refractivity contribution in [1.29, 1.82) is 0 Å². The average Bonchev–Trinajstić information content (AvgIpc) is 2.84. The molecule has 12 heteroatoms. The number of esters is 1. The van der Waals surface area contributed by atoms with E-state index in [2.05, 4.69) is 31.8 Å². The maximum atomic E-state index is 13.9. The molecule has 0 aromatic heterocycles. The molecule has 0 aliphatic rings. The van der Waals surface area contributed by atoms with Gasteiger partial charge >= 0.3 is 17.8 Å². The third kappa shape index (κ3) is 6.54. The van der Waals surface area contributed by atoms with Gasteiger partial charge in [0.2, 0.25) is 0 Å². The molecule has 0 bridgehead atoms. The molecule has 0 saturated carbocycles. The zero-order valence-electron chi connectivity index (χ0n) is 18.0. The molecule has 3 aromatic rings. The molecule has 0 fully saturated rings. The van der Waals surface area contributed by atoms with Crippen LogP contribution in [0, 0.1) is 15.9 Å². The van der Waals surface area contributed by atoms with Gasteiger partial charge in [0.15, 0.2) is 0 Å². The second-order valence-electron chi connectivity index (χ2n) is 6.91. The molecule has 0 unspecified atom stereocenters. The van der Waals surface area contributed by atoms with Crippen LogP contribution in [-0.4, -0.2) is 28.4 Å². The number of anilines is 1. The standard InChI is InChI=1S/C23H16BrFN4O6/c1-13(27-28-22(31)21(30)26-19-11-8-15(24)12-18(19)25)17-4-2-3-5-20(17)35-23(32)14-6-9-16(10-7-14)29(33)34/h2-12H,1H3,(H,26,30)(H,28,31).